The van der Waals surface area contributed by atoms with Crippen molar-refractivity contribution in [3.05, 3.63) is 29.3 Å². The second-order valence-corrected chi connectivity index (χ2v) is 6.42. The maximum Gasteiger partial charge on any atom is 0.416 e. The summed E-state index contributed by atoms with van der Waals surface area (Å²) in [5.74, 6) is 0. The van der Waals surface area contributed by atoms with Crippen molar-refractivity contribution in [2.75, 3.05) is 25.1 Å². The lowest BCUT2D eigenvalue weighted by Crippen LogP contribution is -2.37. The minimum Gasteiger partial charge on any atom is -0.381 e. The number of piperidine rings is 1. The highest BCUT2D eigenvalue weighted by Gasteiger charge is 2.32. The Labute approximate surface area is 134 Å². The summed E-state index contributed by atoms with van der Waals surface area (Å²) in [7, 11) is 1.71. The van der Waals surface area contributed by atoms with Crippen LogP contribution in [0, 0.1) is 0 Å². The molecule has 6 heteroatoms. The van der Waals surface area contributed by atoms with Crippen molar-refractivity contribution in [1.82, 2.24) is 5.32 Å². The first-order chi connectivity index (χ1) is 11.0. The first kappa shape index (κ1) is 16.6. The van der Waals surface area contributed by atoms with E-state index in [-0.39, 0.29) is 6.10 Å². The minimum absolute atomic E-state index is 0.258. The van der Waals surface area contributed by atoms with Crippen molar-refractivity contribution >= 4 is 5.69 Å². The number of benzene rings is 1. The largest absolute Gasteiger partial charge is 0.416 e. The summed E-state index contributed by atoms with van der Waals surface area (Å²) in [4.78, 5) is 2.18. The molecule has 0 aromatic heterocycles. The molecule has 2 aliphatic rings. The van der Waals surface area contributed by atoms with Crippen molar-refractivity contribution in [3.63, 3.8) is 0 Å². The number of methoxy groups -OCH3 is 1. The molecule has 1 aromatic rings. The second-order valence-electron chi connectivity index (χ2n) is 6.42. The van der Waals surface area contributed by atoms with Gasteiger partial charge < -0.3 is 15.0 Å². The number of hydrogen-bond donors (Lipinski definition) is 1. The molecular formula is C17H23F3N2O. The van der Waals surface area contributed by atoms with E-state index in [1.165, 1.54) is 12.1 Å². The van der Waals surface area contributed by atoms with Gasteiger partial charge in [0.15, 0.2) is 0 Å². The molecule has 3 rings (SSSR count). The molecule has 2 fully saturated rings. The standard InChI is InChI=1S/C17H23F3N2O/c1-23-15-6-8-22(9-7-15)16-5-2-13(17(18,19)20)10-12(16)11-21-14-3-4-14/h2,5,10,14-15,21H,3-4,6-9,11H2,1H3. The van der Waals surface area contributed by atoms with Gasteiger partial charge in [0.2, 0.25) is 0 Å². The van der Waals surface area contributed by atoms with E-state index >= 15 is 0 Å². The first-order valence-electron chi connectivity index (χ1n) is 8.18. The van der Waals surface area contributed by atoms with Crippen LogP contribution in [-0.4, -0.2) is 32.3 Å². The summed E-state index contributed by atoms with van der Waals surface area (Å²) in [6.45, 7) is 2.13. The predicted molar refractivity (Wildman–Crippen MR) is 83.5 cm³/mol. The van der Waals surface area contributed by atoms with Crippen LogP contribution in [0.2, 0.25) is 0 Å². The third-order valence-electron chi connectivity index (χ3n) is 4.68. The van der Waals surface area contributed by atoms with E-state index in [0.717, 1.165) is 50.0 Å². The molecule has 0 bridgehead atoms. The maximum atomic E-state index is 13.0. The highest BCUT2D eigenvalue weighted by molar-refractivity contribution is 5.56. The zero-order valence-corrected chi connectivity index (χ0v) is 13.3. The van der Waals surface area contributed by atoms with E-state index < -0.39 is 11.7 Å². The molecule has 0 atom stereocenters. The molecule has 0 spiro atoms. The molecular weight excluding hydrogens is 305 g/mol. The smallest absolute Gasteiger partial charge is 0.381 e. The Bertz CT molecular complexity index is 535. The number of anilines is 1. The summed E-state index contributed by atoms with van der Waals surface area (Å²) in [6.07, 6.45) is 0.0190. The fraction of sp³-hybridized carbons (Fsp3) is 0.647. The number of nitrogens with one attached hydrogen (secondary N) is 1. The van der Waals surface area contributed by atoms with Crippen LogP contribution in [0.4, 0.5) is 18.9 Å². The zero-order valence-electron chi connectivity index (χ0n) is 13.3. The highest BCUT2D eigenvalue weighted by atomic mass is 19.4. The minimum atomic E-state index is -4.30. The van der Waals surface area contributed by atoms with E-state index in [1.54, 1.807) is 13.2 Å². The van der Waals surface area contributed by atoms with Gasteiger partial charge in [-0.3, -0.25) is 0 Å². The van der Waals surface area contributed by atoms with Crippen molar-refractivity contribution in [2.45, 2.75) is 50.6 Å². The van der Waals surface area contributed by atoms with E-state index in [0.29, 0.717) is 12.6 Å². The SMILES string of the molecule is COC1CCN(c2ccc(C(F)(F)F)cc2CNC2CC2)CC1. The van der Waals surface area contributed by atoms with Crippen molar-refractivity contribution in [2.24, 2.45) is 0 Å². The molecule has 1 heterocycles. The Balaban J connectivity index is 1.79. The molecule has 0 amide bonds. The third kappa shape index (κ3) is 4.18. The Hall–Kier alpha value is -1.27. The van der Waals surface area contributed by atoms with E-state index in [1.807, 2.05) is 0 Å². The summed E-state index contributed by atoms with van der Waals surface area (Å²) >= 11 is 0. The van der Waals surface area contributed by atoms with Crippen LogP contribution < -0.4 is 10.2 Å². The fourth-order valence-electron chi connectivity index (χ4n) is 3.09. The van der Waals surface area contributed by atoms with Crippen molar-refractivity contribution in [1.29, 1.82) is 0 Å². The molecule has 128 valence electrons. The van der Waals surface area contributed by atoms with Crippen LogP contribution in [0.5, 0.6) is 0 Å². The molecule has 1 saturated heterocycles. The maximum absolute atomic E-state index is 13.0. The fourth-order valence-corrected chi connectivity index (χ4v) is 3.09. The Kier molecular flexibility index (Phi) is 4.82. The molecule has 1 saturated carbocycles. The number of alkyl halides is 3. The van der Waals surface area contributed by atoms with Gasteiger partial charge in [-0.2, -0.15) is 13.2 Å². The van der Waals surface area contributed by atoms with E-state index in [9.17, 15) is 13.2 Å². The van der Waals surface area contributed by atoms with Crippen LogP contribution in [0.25, 0.3) is 0 Å². The van der Waals surface area contributed by atoms with Gasteiger partial charge in [-0.1, -0.05) is 0 Å². The van der Waals surface area contributed by atoms with Crippen molar-refractivity contribution in [3.8, 4) is 0 Å². The van der Waals surface area contributed by atoms with Crippen LogP contribution in [-0.2, 0) is 17.5 Å². The monoisotopic (exact) mass is 328 g/mol. The predicted octanol–water partition coefficient (Wildman–Crippen LogP) is 3.57. The van der Waals surface area contributed by atoms with Gasteiger partial charge in [0.1, 0.15) is 0 Å². The summed E-state index contributed by atoms with van der Waals surface area (Å²) in [5.41, 5.74) is 1.09. The van der Waals surface area contributed by atoms with Gasteiger partial charge in [0, 0.05) is 38.5 Å². The van der Waals surface area contributed by atoms with Gasteiger partial charge >= 0.3 is 6.18 Å². The lowest BCUT2D eigenvalue weighted by atomic mass is 10.0. The number of hydrogen-bond acceptors (Lipinski definition) is 3. The first-order valence-corrected chi connectivity index (χ1v) is 8.18. The number of rotatable bonds is 5. The number of nitrogens with zero attached hydrogens (tertiary/aromatic N) is 1. The summed E-state index contributed by atoms with van der Waals surface area (Å²) in [5, 5.41) is 3.33. The Morgan fingerprint density at radius 1 is 1.17 bits per heavy atom. The normalized spacial score (nSPS) is 20.1. The Morgan fingerprint density at radius 3 is 2.43 bits per heavy atom. The highest BCUT2D eigenvalue weighted by Crippen LogP contribution is 2.34. The van der Waals surface area contributed by atoms with Gasteiger partial charge in [0.25, 0.3) is 0 Å². The van der Waals surface area contributed by atoms with E-state index in [2.05, 4.69) is 10.2 Å². The van der Waals surface area contributed by atoms with Crippen LogP contribution in [0.15, 0.2) is 18.2 Å². The molecule has 1 aromatic carbocycles. The average Bonchev–Trinajstić information content (AvgIpc) is 3.36. The Morgan fingerprint density at radius 2 is 1.87 bits per heavy atom. The summed E-state index contributed by atoms with van der Waals surface area (Å²) in [6, 6.07) is 4.59. The zero-order chi connectivity index (χ0) is 16.4. The van der Waals surface area contributed by atoms with Gasteiger partial charge in [0.05, 0.1) is 11.7 Å². The van der Waals surface area contributed by atoms with Gasteiger partial charge in [-0.25, -0.2) is 0 Å². The third-order valence-corrected chi connectivity index (χ3v) is 4.68. The summed E-state index contributed by atoms with van der Waals surface area (Å²) < 4.78 is 44.4. The van der Waals surface area contributed by atoms with Gasteiger partial charge in [-0.15, -0.1) is 0 Å². The molecule has 1 aliphatic heterocycles. The van der Waals surface area contributed by atoms with Crippen LogP contribution in [0.1, 0.15) is 36.8 Å². The van der Waals surface area contributed by atoms with Gasteiger partial charge in [-0.05, 0) is 49.4 Å². The van der Waals surface area contributed by atoms with E-state index in [4.69, 9.17) is 4.74 Å². The topological polar surface area (TPSA) is 24.5 Å². The molecule has 23 heavy (non-hydrogen) atoms. The molecule has 1 aliphatic carbocycles. The molecule has 0 unspecified atom stereocenters. The number of ether oxygens (including phenoxy) is 1. The van der Waals surface area contributed by atoms with Crippen LogP contribution >= 0.6 is 0 Å². The van der Waals surface area contributed by atoms with Crippen LogP contribution in [0.3, 0.4) is 0 Å². The second kappa shape index (κ2) is 6.69. The molecule has 3 nitrogen and oxygen atoms in total. The quantitative estimate of drug-likeness (QED) is 0.894. The molecule has 0 radical (unpaired) electrons. The molecule has 1 N–H and O–H groups in total. The lowest BCUT2D eigenvalue weighted by Gasteiger charge is -2.34. The lowest BCUT2D eigenvalue weighted by molar-refractivity contribution is -0.137. The average molecular weight is 328 g/mol. The van der Waals surface area contributed by atoms with Crippen molar-refractivity contribution < 1.29 is 17.9 Å². The number of halogens is 3.